The molecule has 3 rings (SSSR count). The van der Waals surface area contributed by atoms with Gasteiger partial charge in [-0.15, -0.1) is 0 Å². The van der Waals surface area contributed by atoms with Crippen LogP contribution in [0.2, 0.25) is 0 Å². The van der Waals surface area contributed by atoms with Gasteiger partial charge in [0.05, 0.1) is 19.3 Å². The van der Waals surface area contributed by atoms with Crippen molar-refractivity contribution in [1.82, 2.24) is 4.98 Å². The molecule has 5 heteroatoms. The Morgan fingerprint density at radius 2 is 2.33 bits per heavy atom. The van der Waals surface area contributed by atoms with E-state index in [1.165, 1.54) is 6.39 Å². The summed E-state index contributed by atoms with van der Waals surface area (Å²) in [5.74, 6) is 0. The molecule has 2 heterocycles. The average molecular weight is 243 g/mol. The van der Waals surface area contributed by atoms with E-state index in [4.69, 9.17) is 9.15 Å². The Morgan fingerprint density at radius 1 is 1.50 bits per heavy atom. The molecule has 0 radical (unpaired) electrons. The Kier molecular flexibility index (Phi) is 2.46. The van der Waals surface area contributed by atoms with Crippen LogP contribution in [0.4, 0.5) is 5.69 Å². The third-order valence-electron chi connectivity index (χ3n) is 3.29. The first-order chi connectivity index (χ1) is 8.72. The normalized spacial score (nSPS) is 17.1. The molecule has 2 aromatic rings. The lowest BCUT2D eigenvalue weighted by atomic mass is 9.87. The molecule has 0 unspecified atom stereocenters. The lowest BCUT2D eigenvalue weighted by Crippen LogP contribution is -2.49. The zero-order valence-electron chi connectivity index (χ0n) is 10.1. The van der Waals surface area contributed by atoms with Crippen molar-refractivity contribution in [2.45, 2.75) is 0 Å². The van der Waals surface area contributed by atoms with Gasteiger partial charge in [0.1, 0.15) is 10.9 Å². The highest BCUT2D eigenvalue weighted by atomic mass is 16.5. The monoisotopic (exact) mass is 243 g/mol. The number of ether oxygens (including phenoxy) is 1. The molecule has 0 aliphatic carbocycles. The molecule has 0 spiro atoms. The van der Waals surface area contributed by atoms with Crippen molar-refractivity contribution in [2.75, 3.05) is 31.7 Å². The number of nitrogens with zero attached hydrogens (tertiary/aromatic N) is 3. The van der Waals surface area contributed by atoms with Crippen molar-refractivity contribution in [3.8, 4) is 6.07 Å². The molecule has 0 amide bonds. The van der Waals surface area contributed by atoms with Gasteiger partial charge in [-0.1, -0.05) is 0 Å². The summed E-state index contributed by atoms with van der Waals surface area (Å²) in [6, 6.07) is 8.18. The Morgan fingerprint density at radius 3 is 3.00 bits per heavy atom. The van der Waals surface area contributed by atoms with Gasteiger partial charge in [-0.25, -0.2) is 4.98 Å². The summed E-state index contributed by atoms with van der Waals surface area (Å²) in [6.45, 7) is 1.68. The van der Waals surface area contributed by atoms with E-state index in [1.54, 1.807) is 0 Å². The molecular weight excluding hydrogens is 230 g/mol. The van der Waals surface area contributed by atoms with Gasteiger partial charge in [-0.3, -0.25) is 0 Å². The summed E-state index contributed by atoms with van der Waals surface area (Å²) < 4.78 is 10.4. The molecule has 92 valence electrons. The molecule has 1 aliphatic rings. The summed E-state index contributed by atoms with van der Waals surface area (Å²) in [6.07, 6.45) is 1.44. The van der Waals surface area contributed by atoms with Crippen LogP contribution in [0.3, 0.4) is 0 Å². The third-order valence-corrected chi connectivity index (χ3v) is 3.29. The molecule has 1 saturated heterocycles. The molecule has 1 aliphatic heterocycles. The Bertz CT molecular complexity index is 610. The van der Waals surface area contributed by atoms with Gasteiger partial charge >= 0.3 is 0 Å². The molecule has 0 saturated carbocycles. The minimum absolute atomic E-state index is 0.370. The van der Waals surface area contributed by atoms with E-state index in [0.29, 0.717) is 19.8 Å². The number of fused-ring (bicyclic) bond motifs is 1. The number of hydrogen-bond acceptors (Lipinski definition) is 5. The summed E-state index contributed by atoms with van der Waals surface area (Å²) in [5.41, 5.74) is 2.25. The van der Waals surface area contributed by atoms with Crippen LogP contribution in [0.15, 0.2) is 29.0 Å². The van der Waals surface area contributed by atoms with Gasteiger partial charge in [0, 0.05) is 25.3 Å². The molecular formula is C13H13N3O2. The summed E-state index contributed by atoms with van der Waals surface area (Å²) >= 11 is 0. The fourth-order valence-corrected chi connectivity index (χ4v) is 2.17. The lowest BCUT2D eigenvalue weighted by Gasteiger charge is -2.38. The van der Waals surface area contributed by atoms with Gasteiger partial charge in [-0.05, 0) is 12.1 Å². The second-order valence-corrected chi connectivity index (χ2v) is 4.75. The van der Waals surface area contributed by atoms with Crippen molar-refractivity contribution in [3.05, 3.63) is 24.6 Å². The lowest BCUT2D eigenvalue weighted by molar-refractivity contribution is -0.0716. The number of oxazole rings is 1. The number of rotatable bonds is 3. The van der Waals surface area contributed by atoms with E-state index in [9.17, 15) is 5.26 Å². The SMILES string of the molecule is CN(CC1(C#N)COC1)c1ccc2ncoc2c1. The maximum Gasteiger partial charge on any atom is 0.181 e. The Balaban J connectivity index is 1.83. The van der Waals surface area contributed by atoms with Crippen LogP contribution in [-0.4, -0.2) is 31.8 Å². The topological polar surface area (TPSA) is 62.3 Å². The minimum Gasteiger partial charge on any atom is -0.443 e. The van der Waals surface area contributed by atoms with Gasteiger partial charge in [0.2, 0.25) is 0 Å². The van der Waals surface area contributed by atoms with Crippen molar-refractivity contribution in [2.24, 2.45) is 5.41 Å². The highest BCUT2D eigenvalue weighted by Crippen LogP contribution is 2.30. The minimum atomic E-state index is -0.370. The Labute approximate surface area is 105 Å². The van der Waals surface area contributed by atoms with Gasteiger partial charge < -0.3 is 14.1 Å². The molecule has 1 aromatic carbocycles. The summed E-state index contributed by atoms with van der Waals surface area (Å²) in [5, 5.41) is 9.19. The maximum atomic E-state index is 9.19. The number of benzene rings is 1. The first kappa shape index (κ1) is 11.1. The largest absolute Gasteiger partial charge is 0.443 e. The molecule has 0 N–H and O–H groups in total. The quantitative estimate of drug-likeness (QED) is 0.822. The van der Waals surface area contributed by atoms with E-state index >= 15 is 0 Å². The van der Waals surface area contributed by atoms with Crippen molar-refractivity contribution < 1.29 is 9.15 Å². The summed E-state index contributed by atoms with van der Waals surface area (Å²) in [4.78, 5) is 6.13. The van der Waals surface area contributed by atoms with Crippen LogP contribution in [0.25, 0.3) is 11.1 Å². The van der Waals surface area contributed by atoms with Crippen LogP contribution in [0.1, 0.15) is 0 Å². The highest BCUT2D eigenvalue weighted by molar-refractivity contribution is 5.77. The van der Waals surface area contributed by atoms with Crippen molar-refractivity contribution in [1.29, 1.82) is 5.26 Å². The van der Waals surface area contributed by atoms with E-state index < -0.39 is 0 Å². The number of nitriles is 1. The molecule has 1 fully saturated rings. The highest BCUT2D eigenvalue weighted by Gasteiger charge is 2.40. The van der Waals surface area contributed by atoms with E-state index in [2.05, 4.69) is 11.1 Å². The fraction of sp³-hybridized carbons (Fsp3) is 0.385. The van der Waals surface area contributed by atoms with Gasteiger partial charge in [0.15, 0.2) is 12.0 Å². The van der Waals surface area contributed by atoms with Crippen LogP contribution >= 0.6 is 0 Å². The van der Waals surface area contributed by atoms with Gasteiger partial charge in [-0.2, -0.15) is 5.26 Å². The van der Waals surface area contributed by atoms with E-state index in [-0.39, 0.29) is 5.41 Å². The van der Waals surface area contributed by atoms with E-state index in [0.717, 1.165) is 16.8 Å². The van der Waals surface area contributed by atoms with Crippen LogP contribution in [-0.2, 0) is 4.74 Å². The first-order valence-electron chi connectivity index (χ1n) is 5.76. The number of hydrogen-bond donors (Lipinski definition) is 0. The van der Waals surface area contributed by atoms with Crippen LogP contribution < -0.4 is 4.90 Å². The molecule has 0 bridgehead atoms. The number of aromatic nitrogens is 1. The van der Waals surface area contributed by atoms with Crippen LogP contribution in [0.5, 0.6) is 0 Å². The fourth-order valence-electron chi connectivity index (χ4n) is 2.17. The average Bonchev–Trinajstić information content (AvgIpc) is 2.80. The van der Waals surface area contributed by atoms with E-state index in [1.807, 2.05) is 30.1 Å². The zero-order chi connectivity index (χ0) is 12.6. The standard InChI is InChI=1S/C13H13N3O2/c1-16(6-13(5-14)7-17-8-13)10-2-3-11-12(4-10)18-9-15-11/h2-4,9H,6-8H2,1H3. The molecule has 0 atom stereocenters. The molecule has 18 heavy (non-hydrogen) atoms. The Hall–Kier alpha value is -2.06. The van der Waals surface area contributed by atoms with Gasteiger partial charge in [0.25, 0.3) is 0 Å². The predicted molar refractivity (Wildman–Crippen MR) is 66.1 cm³/mol. The second kappa shape index (κ2) is 4.00. The number of anilines is 1. The zero-order valence-corrected chi connectivity index (χ0v) is 10.1. The molecule has 5 nitrogen and oxygen atoms in total. The molecule has 1 aromatic heterocycles. The van der Waals surface area contributed by atoms with Crippen molar-refractivity contribution >= 4 is 16.8 Å². The smallest absolute Gasteiger partial charge is 0.181 e. The van der Waals surface area contributed by atoms with Crippen molar-refractivity contribution in [3.63, 3.8) is 0 Å². The second-order valence-electron chi connectivity index (χ2n) is 4.75. The predicted octanol–water partition coefficient (Wildman–Crippen LogP) is 1.80. The van der Waals surface area contributed by atoms with Crippen LogP contribution in [0, 0.1) is 16.7 Å². The summed E-state index contributed by atoms with van der Waals surface area (Å²) in [7, 11) is 1.97. The first-order valence-corrected chi connectivity index (χ1v) is 5.76. The third kappa shape index (κ3) is 1.71. The maximum absolute atomic E-state index is 9.19.